The van der Waals surface area contributed by atoms with Gasteiger partial charge in [-0.3, -0.25) is 0 Å². The van der Waals surface area contributed by atoms with Crippen LogP contribution in [0.25, 0.3) is 0 Å². The molecule has 0 heterocycles. The first kappa shape index (κ1) is 9.84. The van der Waals surface area contributed by atoms with Crippen LogP contribution in [0.15, 0.2) is 0 Å². The lowest BCUT2D eigenvalue weighted by Crippen LogP contribution is -2.48. The molecule has 0 saturated heterocycles. The summed E-state index contributed by atoms with van der Waals surface area (Å²) in [5.74, 6) is 0. The largest absolute Gasteiger partial charge is 0.395 e. The molecule has 0 bridgehead atoms. The van der Waals surface area contributed by atoms with Gasteiger partial charge >= 0.3 is 0 Å². The minimum atomic E-state index is -0.384. The van der Waals surface area contributed by atoms with Crippen molar-refractivity contribution in [1.82, 2.24) is 0 Å². The molecule has 4 nitrogen and oxygen atoms in total. The minimum Gasteiger partial charge on any atom is -0.395 e. The van der Waals surface area contributed by atoms with E-state index in [9.17, 15) is 0 Å². The summed E-state index contributed by atoms with van der Waals surface area (Å²) in [5.41, 5.74) is 11.0. The Morgan fingerprint density at radius 3 is 2.10 bits per heavy atom. The molecule has 62 valence electrons. The van der Waals surface area contributed by atoms with E-state index in [1.807, 2.05) is 0 Å². The number of aliphatic hydroxyl groups excluding tert-OH is 1. The number of aliphatic hydroxyl groups is 1. The third kappa shape index (κ3) is 2.62. The average molecular weight is 148 g/mol. The molecule has 3 atom stereocenters. The third-order valence-electron chi connectivity index (χ3n) is 1.42. The van der Waals surface area contributed by atoms with E-state index in [4.69, 9.17) is 21.3 Å². The number of hydrogen-bond donors (Lipinski definition) is 3. The molecule has 0 aromatic carbocycles. The molecular formula is C6H16N2O2. The van der Waals surface area contributed by atoms with Gasteiger partial charge in [-0.2, -0.15) is 0 Å². The predicted octanol–water partition coefficient (Wildman–Crippen LogP) is -1.33. The number of hydrogen-bond acceptors (Lipinski definition) is 4. The second kappa shape index (κ2) is 4.62. The lowest BCUT2D eigenvalue weighted by atomic mass is 10.1. The maximum absolute atomic E-state index is 8.62. The Labute approximate surface area is 61.2 Å². The Morgan fingerprint density at radius 2 is 2.00 bits per heavy atom. The van der Waals surface area contributed by atoms with Crippen LogP contribution in [-0.2, 0) is 4.74 Å². The molecule has 4 heteroatoms. The predicted molar refractivity (Wildman–Crippen MR) is 39.5 cm³/mol. The first-order chi connectivity index (χ1) is 4.63. The normalized spacial score (nSPS) is 20.1. The van der Waals surface area contributed by atoms with E-state index in [0.29, 0.717) is 0 Å². The van der Waals surface area contributed by atoms with E-state index in [-0.39, 0.29) is 24.8 Å². The molecule has 5 N–H and O–H groups in total. The smallest absolute Gasteiger partial charge is 0.0892 e. The van der Waals surface area contributed by atoms with Gasteiger partial charge < -0.3 is 21.3 Å². The van der Waals surface area contributed by atoms with E-state index in [1.165, 1.54) is 7.11 Å². The highest BCUT2D eigenvalue weighted by molar-refractivity contribution is 4.79. The zero-order valence-electron chi connectivity index (χ0n) is 6.45. The Kier molecular flexibility index (Phi) is 4.55. The highest BCUT2D eigenvalue weighted by Gasteiger charge is 2.19. The van der Waals surface area contributed by atoms with Crippen LogP contribution in [0, 0.1) is 0 Å². The van der Waals surface area contributed by atoms with Crippen molar-refractivity contribution in [3.8, 4) is 0 Å². The summed E-state index contributed by atoms with van der Waals surface area (Å²) in [6, 6.07) is -0.530. The fourth-order valence-electron chi connectivity index (χ4n) is 0.883. The Hall–Kier alpha value is -0.160. The molecule has 0 saturated carbocycles. The quantitative estimate of drug-likeness (QED) is 0.461. The van der Waals surface area contributed by atoms with Crippen molar-refractivity contribution < 1.29 is 9.84 Å². The van der Waals surface area contributed by atoms with Gasteiger partial charge in [0.15, 0.2) is 0 Å². The zero-order chi connectivity index (χ0) is 8.15. The van der Waals surface area contributed by atoms with Crippen molar-refractivity contribution in [2.45, 2.75) is 25.1 Å². The SMILES string of the molecule is COC(C(C)N)C(N)CO. The third-order valence-corrected chi connectivity index (χ3v) is 1.42. The second-order valence-corrected chi connectivity index (χ2v) is 2.41. The number of rotatable bonds is 4. The highest BCUT2D eigenvalue weighted by atomic mass is 16.5. The summed E-state index contributed by atoms with van der Waals surface area (Å²) in [6.07, 6.45) is -0.259. The van der Waals surface area contributed by atoms with Gasteiger partial charge in [0.2, 0.25) is 0 Å². The van der Waals surface area contributed by atoms with E-state index in [0.717, 1.165) is 0 Å². The molecule has 0 radical (unpaired) electrons. The van der Waals surface area contributed by atoms with Crippen LogP contribution in [0.1, 0.15) is 6.92 Å². The molecule has 0 fully saturated rings. The van der Waals surface area contributed by atoms with Crippen LogP contribution in [0.3, 0.4) is 0 Å². The molecule has 10 heavy (non-hydrogen) atoms. The molecule has 0 spiro atoms. The lowest BCUT2D eigenvalue weighted by molar-refractivity contribution is 0.0450. The van der Waals surface area contributed by atoms with Gasteiger partial charge in [-0.25, -0.2) is 0 Å². The van der Waals surface area contributed by atoms with Crippen LogP contribution in [-0.4, -0.2) is 37.0 Å². The van der Waals surface area contributed by atoms with Crippen molar-refractivity contribution in [3.05, 3.63) is 0 Å². The maximum Gasteiger partial charge on any atom is 0.0892 e. The number of ether oxygens (including phenoxy) is 1. The van der Waals surface area contributed by atoms with Gasteiger partial charge in [0.25, 0.3) is 0 Å². The van der Waals surface area contributed by atoms with Crippen molar-refractivity contribution in [1.29, 1.82) is 0 Å². The summed E-state index contributed by atoms with van der Waals surface area (Å²) < 4.78 is 4.95. The molecule has 0 aliphatic carbocycles. The molecule has 0 aliphatic rings. The summed E-state index contributed by atoms with van der Waals surface area (Å²) in [7, 11) is 1.53. The minimum absolute atomic E-state index is 0.0972. The van der Waals surface area contributed by atoms with Gasteiger partial charge in [-0.05, 0) is 6.92 Å². The average Bonchev–Trinajstić information content (AvgIpc) is 1.88. The summed E-state index contributed by atoms with van der Waals surface area (Å²) in [4.78, 5) is 0. The van der Waals surface area contributed by atoms with E-state index >= 15 is 0 Å². The van der Waals surface area contributed by atoms with Crippen LogP contribution in [0.4, 0.5) is 0 Å². The summed E-state index contributed by atoms with van der Waals surface area (Å²) in [5, 5.41) is 8.62. The molecule has 0 amide bonds. The van der Waals surface area contributed by atoms with Gasteiger partial charge in [0.1, 0.15) is 0 Å². The van der Waals surface area contributed by atoms with Crippen molar-refractivity contribution in [2.24, 2.45) is 11.5 Å². The maximum atomic E-state index is 8.62. The first-order valence-corrected chi connectivity index (χ1v) is 3.28. The number of methoxy groups -OCH3 is 1. The van der Waals surface area contributed by atoms with Crippen molar-refractivity contribution >= 4 is 0 Å². The van der Waals surface area contributed by atoms with Gasteiger partial charge in [-0.1, -0.05) is 0 Å². The molecule has 0 aliphatic heterocycles. The molecule has 0 aromatic heterocycles. The summed E-state index contributed by atoms with van der Waals surface area (Å²) in [6.45, 7) is 1.70. The molecule has 0 rings (SSSR count). The number of nitrogens with two attached hydrogens (primary N) is 2. The van der Waals surface area contributed by atoms with E-state index < -0.39 is 0 Å². The Balaban J connectivity index is 3.80. The fourth-order valence-corrected chi connectivity index (χ4v) is 0.883. The molecular weight excluding hydrogens is 132 g/mol. The van der Waals surface area contributed by atoms with Crippen LogP contribution >= 0.6 is 0 Å². The Bertz CT molecular complexity index is 87.8. The van der Waals surface area contributed by atoms with Crippen LogP contribution in [0.5, 0.6) is 0 Å². The Morgan fingerprint density at radius 1 is 1.50 bits per heavy atom. The van der Waals surface area contributed by atoms with Gasteiger partial charge in [-0.15, -0.1) is 0 Å². The second-order valence-electron chi connectivity index (χ2n) is 2.41. The van der Waals surface area contributed by atoms with E-state index in [1.54, 1.807) is 6.92 Å². The van der Waals surface area contributed by atoms with Crippen LogP contribution in [0.2, 0.25) is 0 Å². The van der Waals surface area contributed by atoms with Crippen molar-refractivity contribution in [2.75, 3.05) is 13.7 Å². The standard InChI is InChI=1S/C6H16N2O2/c1-4(7)6(10-2)5(8)3-9/h4-6,9H,3,7-8H2,1-2H3. The molecule has 0 aromatic rings. The van der Waals surface area contributed by atoms with Crippen LogP contribution < -0.4 is 11.5 Å². The van der Waals surface area contributed by atoms with Gasteiger partial charge in [0, 0.05) is 13.2 Å². The lowest BCUT2D eigenvalue weighted by Gasteiger charge is -2.23. The monoisotopic (exact) mass is 148 g/mol. The van der Waals surface area contributed by atoms with Gasteiger partial charge in [0.05, 0.1) is 18.8 Å². The van der Waals surface area contributed by atoms with E-state index in [2.05, 4.69) is 0 Å². The topological polar surface area (TPSA) is 81.5 Å². The molecule has 3 unspecified atom stereocenters. The summed E-state index contributed by atoms with van der Waals surface area (Å²) >= 11 is 0. The van der Waals surface area contributed by atoms with Crippen molar-refractivity contribution in [3.63, 3.8) is 0 Å². The first-order valence-electron chi connectivity index (χ1n) is 3.28. The fraction of sp³-hybridized carbons (Fsp3) is 1.00. The highest BCUT2D eigenvalue weighted by Crippen LogP contribution is 1.98. The zero-order valence-corrected chi connectivity index (χ0v) is 6.45.